The highest BCUT2D eigenvalue weighted by Crippen LogP contribution is 2.30. The van der Waals surface area contributed by atoms with Gasteiger partial charge in [0.15, 0.2) is 0 Å². The molecule has 0 bridgehead atoms. The fraction of sp³-hybridized carbons (Fsp3) is 0.300. The van der Waals surface area contributed by atoms with Gasteiger partial charge in [-0.1, -0.05) is 17.7 Å². The summed E-state index contributed by atoms with van der Waals surface area (Å²) in [5, 5.41) is 9.34. The molecule has 1 aliphatic heterocycles. The Labute approximate surface area is 82.3 Å². The average molecular weight is 193 g/mol. The highest BCUT2D eigenvalue weighted by atomic mass is 35.5. The molecule has 1 aromatic carbocycles. The van der Waals surface area contributed by atoms with Crippen LogP contribution in [0.4, 0.5) is 5.69 Å². The van der Waals surface area contributed by atoms with Gasteiger partial charge in [0.05, 0.1) is 6.07 Å². The molecule has 2 nitrogen and oxygen atoms in total. The summed E-state index contributed by atoms with van der Waals surface area (Å²) in [5.74, 6) is 0. The van der Waals surface area contributed by atoms with Crippen LogP contribution in [0.5, 0.6) is 0 Å². The molecule has 0 atom stereocenters. The number of halogens is 1. The second kappa shape index (κ2) is 3.27. The van der Waals surface area contributed by atoms with E-state index < -0.39 is 0 Å². The highest BCUT2D eigenvalue weighted by molar-refractivity contribution is 6.30. The van der Waals surface area contributed by atoms with Crippen LogP contribution in [0.25, 0.3) is 0 Å². The number of benzene rings is 1. The van der Waals surface area contributed by atoms with Gasteiger partial charge in [-0.05, 0) is 24.1 Å². The Morgan fingerprint density at radius 2 is 2.38 bits per heavy atom. The summed E-state index contributed by atoms with van der Waals surface area (Å²) in [4.78, 5) is 2.06. The highest BCUT2D eigenvalue weighted by Gasteiger charge is 2.18. The average Bonchev–Trinajstić information content (AvgIpc) is 2.49. The van der Waals surface area contributed by atoms with Crippen LogP contribution in [0, 0.1) is 11.3 Å². The van der Waals surface area contributed by atoms with Crippen molar-refractivity contribution in [3.63, 3.8) is 0 Å². The second-order valence-corrected chi connectivity index (χ2v) is 3.54. The summed E-state index contributed by atoms with van der Waals surface area (Å²) in [6.07, 6.45) is 1.02. The third kappa shape index (κ3) is 1.48. The van der Waals surface area contributed by atoms with Crippen molar-refractivity contribution in [2.75, 3.05) is 18.0 Å². The summed E-state index contributed by atoms with van der Waals surface area (Å²) in [7, 11) is 0. The molecule has 0 aromatic heterocycles. The van der Waals surface area contributed by atoms with E-state index in [1.165, 1.54) is 5.56 Å². The molecule has 0 N–H and O–H groups in total. The molecule has 0 saturated heterocycles. The van der Waals surface area contributed by atoms with E-state index in [-0.39, 0.29) is 0 Å². The number of nitrogens with zero attached hydrogens (tertiary/aromatic N) is 2. The first-order chi connectivity index (χ1) is 6.31. The molecule has 13 heavy (non-hydrogen) atoms. The van der Waals surface area contributed by atoms with E-state index in [1.807, 2.05) is 18.2 Å². The van der Waals surface area contributed by atoms with Crippen molar-refractivity contribution in [2.45, 2.75) is 6.42 Å². The number of fused-ring (bicyclic) bond motifs is 1. The van der Waals surface area contributed by atoms with Gasteiger partial charge in [-0.2, -0.15) is 5.26 Å². The molecule has 0 unspecified atom stereocenters. The van der Waals surface area contributed by atoms with Gasteiger partial charge in [-0.15, -0.1) is 0 Å². The largest absolute Gasteiger partial charge is 0.358 e. The predicted molar refractivity (Wildman–Crippen MR) is 53.0 cm³/mol. The van der Waals surface area contributed by atoms with Crippen LogP contribution in [0.1, 0.15) is 5.56 Å². The molecule has 1 aliphatic rings. The Morgan fingerprint density at radius 1 is 1.54 bits per heavy atom. The third-order valence-electron chi connectivity index (χ3n) is 2.30. The lowest BCUT2D eigenvalue weighted by Crippen LogP contribution is -2.20. The smallest absolute Gasteiger partial charge is 0.105 e. The molecular formula is C10H9ClN2. The Morgan fingerprint density at radius 3 is 3.15 bits per heavy atom. The van der Waals surface area contributed by atoms with Crippen molar-refractivity contribution in [1.29, 1.82) is 5.26 Å². The van der Waals surface area contributed by atoms with Crippen molar-refractivity contribution >= 4 is 17.3 Å². The van der Waals surface area contributed by atoms with Crippen molar-refractivity contribution in [3.8, 4) is 6.07 Å². The van der Waals surface area contributed by atoms with Gasteiger partial charge in [-0.3, -0.25) is 0 Å². The van der Waals surface area contributed by atoms with E-state index in [0.29, 0.717) is 6.54 Å². The predicted octanol–water partition coefficient (Wildman–Crippen LogP) is 2.23. The summed E-state index contributed by atoms with van der Waals surface area (Å²) in [6.45, 7) is 1.39. The summed E-state index contributed by atoms with van der Waals surface area (Å²) in [6, 6.07) is 8.02. The van der Waals surface area contributed by atoms with E-state index >= 15 is 0 Å². The van der Waals surface area contributed by atoms with E-state index in [0.717, 1.165) is 23.7 Å². The number of hydrogen-bond donors (Lipinski definition) is 0. The van der Waals surface area contributed by atoms with Crippen LogP contribution in [0.2, 0.25) is 5.02 Å². The van der Waals surface area contributed by atoms with Gasteiger partial charge in [0, 0.05) is 17.3 Å². The zero-order valence-electron chi connectivity index (χ0n) is 7.13. The Kier molecular flexibility index (Phi) is 2.12. The van der Waals surface area contributed by atoms with E-state index in [1.54, 1.807) is 0 Å². The zero-order chi connectivity index (χ0) is 9.26. The van der Waals surface area contributed by atoms with Crippen molar-refractivity contribution in [3.05, 3.63) is 28.8 Å². The van der Waals surface area contributed by atoms with E-state index in [2.05, 4.69) is 11.0 Å². The lowest BCUT2D eigenvalue weighted by Gasteiger charge is -2.14. The molecule has 0 radical (unpaired) electrons. The minimum atomic E-state index is 0.452. The normalized spacial score (nSPS) is 14.0. The maximum Gasteiger partial charge on any atom is 0.105 e. The van der Waals surface area contributed by atoms with Gasteiger partial charge >= 0.3 is 0 Å². The zero-order valence-corrected chi connectivity index (χ0v) is 7.88. The molecule has 0 aliphatic carbocycles. The molecule has 1 aromatic rings. The van der Waals surface area contributed by atoms with Crippen LogP contribution in [-0.4, -0.2) is 13.1 Å². The number of hydrogen-bond acceptors (Lipinski definition) is 2. The van der Waals surface area contributed by atoms with Crippen molar-refractivity contribution in [1.82, 2.24) is 0 Å². The van der Waals surface area contributed by atoms with Gasteiger partial charge in [-0.25, -0.2) is 0 Å². The van der Waals surface area contributed by atoms with Crippen LogP contribution >= 0.6 is 11.6 Å². The first-order valence-corrected chi connectivity index (χ1v) is 4.59. The quantitative estimate of drug-likeness (QED) is 0.638. The van der Waals surface area contributed by atoms with Crippen LogP contribution in [0.3, 0.4) is 0 Å². The molecule has 2 rings (SSSR count). The van der Waals surface area contributed by atoms with E-state index in [9.17, 15) is 0 Å². The lowest BCUT2D eigenvalue weighted by molar-refractivity contribution is 0.909. The van der Waals surface area contributed by atoms with Gasteiger partial charge in [0.25, 0.3) is 0 Å². The van der Waals surface area contributed by atoms with Gasteiger partial charge in [0.1, 0.15) is 6.54 Å². The van der Waals surface area contributed by atoms with Crippen LogP contribution in [-0.2, 0) is 6.42 Å². The van der Waals surface area contributed by atoms with E-state index in [4.69, 9.17) is 16.9 Å². The SMILES string of the molecule is N#CCN1CCc2ccc(Cl)cc21. The van der Waals surface area contributed by atoms with Crippen LogP contribution in [0.15, 0.2) is 18.2 Å². The minimum Gasteiger partial charge on any atom is -0.358 e. The molecule has 3 heteroatoms. The maximum atomic E-state index is 8.60. The third-order valence-corrected chi connectivity index (χ3v) is 2.54. The van der Waals surface area contributed by atoms with Gasteiger partial charge < -0.3 is 4.90 Å². The molecule has 0 saturated carbocycles. The molecule has 0 amide bonds. The molecule has 1 heterocycles. The Hall–Kier alpha value is -1.20. The maximum absolute atomic E-state index is 8.60. The number of anilines is 1. The monoisotopic (exact) mass is 192 g/mol. The lowest BCUT2D eigenvalue weighted by atomic mass is 10.2. The number of rotatable bonds is 1. The summed E-state index contributed by atoms with van der Waals surface area (Å²) >= 11 is 5.88. The topological polar surface area (TPSA) is 27.0 Å². The Balaban J connectivity index is 2.36. The van der Waals surface area contributed by atoms with Crippen molar-refractivity contribution in [2.24, 2.45) is 0 Å². The second-order valence-electron chi connectivity index (χ2n) is 3.10. The minimum absolute atomic E-state index is 0.452. The fourth-order valence-corrected chi connectivity index (χ4v) is 1.83. The molecule has 0 fully saturated rings. The number of nitriles is 1. The van der Waals surface area contributed by atoms with Crippen molar-refractivity contribution < 1.29 is 0 Å². The Bertz CT molecular complexity index is 368. The van der Waals surface area contributed by atoms with Crippen LogP contribution < -0.4 is 4.90 Å². The summed E-state index contributed by atoms with van der Waals surface area (Å²) in [5.41, 5.74) is 2.41. The van der Waals surface area contributed by atoms with Gasteiger partial charge in [0.2, 0.25) is 0 Å². The molecule has 66 valence electrons. The molecule has 0 spiro atoms. The summed E-state index contributed by atoms with van der Waals surface area (Å²) < 4.78 is 0. The molecular weight excluding hydrogens is 184 g/mol. The first-order valence-electron chi connectivity index (χ1n) is 4.21. The first kappa shape index (κ1) is 8.40. The standard InChI is InChI=1S/C10H9ClN2/c11-9-2-1-8-3-5-13(6-4-12)10(8)7-9/h1-2,7H,3,5-6H2. The fourth-order valence-electron chi connectivity index (χ4n) is 1.67.